The molecule has 0 radical (unpaired) electrons. The van der Waals surface area contributed by atoms with E-state index in [4.69, 9.17) is 10.8 Å². The minimum atomic E-state index is -0.735. The van der Waals surface area contributed by atoms with Crippen LogP contribution in [0, 0.1) is 11.8 Å². The normalized spacial score (nSPS) is 18.3. The molecule has 5 heteroatoms. The van der Waals surface area contributed by atoms with E-state index >= 15 is 0 Å². The molecule has 0 bridgehead atoms. The van der Waals surface area contributed by atoms with Crippen molar-refractivity contribution in [2.45, 2.75) is 45.4 Å². The van der Waals surface area contributed by atoms with Gasteiger partial charge in [-0.05, 0) is 38.1 Å². The molecule has 0 aromatic heterocycles. The van der Waals surface area contributed by atoms with Gasteiger partial charge in [-0.1, -0.05) is 13.3 Å². The highest BCUT2D eigenvalue weighted by Crippen LogP contribution is 2.20. The smallest absolute Gasteiger partial charge is 0.306 e. The molecular weight excluding hydrogens is 244 g/mol. The maximum atomic E-state index is 12.0. The van der Waals surface area contributed by atoms with Gasteiger partial charge >= 0.3 is 5.97 Å². The third-order valence-electron chi connectivity index (χ3n) is 4.12. The third kappa shape index (κ3) is 5.19. The van der Waals surface area contributed by atoms with Crippen molar-refractivity contribution < 1.29 is 14.7 Å². The van der Waals surface area contributed by atoms with Crippen LogP contribution in [0.3, 0.4) is 0 Å². The Labute approximate surface area is 115 Å². The first kappa shape index (κ1) is 16.0. The lowest BCUT2D eigenvalue weighted by atomic mass is 9.94. The number of nitrogens with zero attached hydrogens (tertiary/aromatic N) is 1. The highest BCUT2D eigenvalue weighted by molar-refractivity contribution is 5.77. The number of likely N-dealkylation sites (tertiary alicyclic amines) is 1. The predicted molar refractivity (Wildman–Crippen MR) is 73.6 cm³/mol. The molecule has 0 aliphatic carbocycles. The van der Waals surface area contributed by atoms with Gasteiger partial charge in [0.05, 0.1) is 5.92 Å². The van der Waals surface area contributed by atoms with Crippen molar-refractivity contribution in [3.05, 3.63) is 0 Å². The average molecular weight is 270 g/mol. The minimum Gasteiger partial charge on any atom is -0.481 e. The van der Waals surface area contributed by atoms with Crippen LogP contribution in [0.5, 0.6) is 0 Å². The van der Waals surface area contributed by atoms with E-state index in [0.717, 1.165) is 19.3 Å². The van der Waals surface area contributed by atoms with Gasteiger partial charge < -0.3 is 15.7 Å². The molecule has 1 atom stereocenters. The summed E-state index contributed by atoms with van der Waals surface area (Å²) in [7, 11) is 0. The maximum Gasteiger partial charge on any atom is 0.306 e. The van der Waals surface area contributed by atoms with Crippen molar-refractivity contribution in [1.82, 2.24) is 4.90 Å². The van der Waals surface area contributed by atoms with Gasteiger partial charge in [0.15, 0.2) is 0 Å². The molecule has 0 aromatic carbocycles. The van der Waals surface area contributed by atoms with Crippen LogP contribution in [0.15, 0.2) is 0 Å². The van der Waals surface area contributed by atoms with Gasteiger partial charge in [0.25, 0.3) is 0 Å². The second-order valence-corrected chi connectivity index (χ2v) is 5.38. The number of carbonyl (C=O) groups excluding carboxylic acids is 1. The zero-order valence-electron chi connectivity index (χ0n) is 11.8. The summed E-state index contributed by atoms with van der Waals surface area (Å²) in [6.07, 6.45) is 4.67. The second-order valence-electron chi connectivity index (χ2n) is 5.38. The number of aliphatic carboxylic acids is 1. The lowest BCUT2D eigenvalue weighted by Crippen LogP contribution is -2.40. The fourth-order valence-electron chi connectivity index (χ4n) is 2.65. The predicted octanol–water partition coefficient (Wildman–Crippen LogP) is 1.46. The first-order valence-corrected chi connectivity index (χ1v) is 7.29. The van der Waals surface area contributed by atoms with Crippen LogP contribution in [0.1, 0.15) is 45.4 Å². The number of hydrogen-bond acceptors (Lipinski definition) is 3. The van der Waals surface area contributed by atoms with Gasteiger partial charge in [0, 0.05) is 19.5 Å². The van der Waals surface area contributed by atoms with Crippen molar-refractivity contribution in [1.29, 1.82) is 0 Å². The van der Waals surface area contributed by atoms with Crippen molar-refractivity contribution in [3.8, 4) is 0 Å². The van der Waals surface area contributed by atoms with Crippen molar-refractivity contribution in [2.75, 3.05) is 19.6 Å². The Bertz CT molecular complexity index is 299. The van der Waals surface area contributed by atoms with E-state index in [0.29, 0.717) is 44.8 Å². The number of amides is 1. The molecule has 1 saturated heterocycles. The Balaban J connectivity index is 2.29. The van der Waals surface area contributed by atoms with Gasteiger partial charge in [0.1, 0.15) is 0 Å². The average Bonchev–Trinajstić information content (AvgIpc) is 2.43. The summed E-state index contributed by atoms with van der Waals surface area (Å²) in [6.45, 7) is 3.98. The molecule has 19 heavy (non-hydrogen) atoms. The molecule has 1 aliphatic heterocycles. The fraction of sp³-hybridized carbons (Fsp3) is 0.857. The number of carboxylic acids is 1. The summed E-state index contributed by atoms with van der Waals surface area (Å²) in [5.74, 6) is -0.310. The van der Waals surface area contributed by atoms with Crippen LogP contribution in [0.25, 0.3) is 0 Å². The van der Waals surface area contributed by atoms with Crippen LogP contribution in [0.4, 0.5) is 0 Å². The highest BCUT2D eigenvalue weighted by atomic mass is 16.4. The first-order valence-electron chi connectivity index (χ1n) is 7.29. The van der Waals surface area contributed by atoms with E-state index in [2.05, 4.69) is 6.92 Å². The summed E-state index contributed by atoms with van der Waals surface area (Å²) in [5, 5.41) is 8.91. The number of carboxylic acid groups (broad SMARTS) is 1. The summed E-state index contributed by atoms with van der Waals surface area (Å²) in [5.41, 5.74) is 5.55. The highest BCUT2D eigenvalue weighted by Gasteiger charge is 2.26. The number of piperidine rings is 1. The van der Waals surface area contributed by atoms with Gasteiger partial charge in [0.2, 0.25) is 5.91 Å². The molecule has 110 valence electrons. The molecule has 1 aliphatic rings. The van der Waals surface area contributed by atoms with Crippen LogP contribution in [-0.4, -0.2) is 41.5 Å². The van der Waals surface area contributed by atoms with E-state index in [1.54, 1.807) is 0 Å². The molecule has 5 nitrogen and oxygen atoms in total. The molecule has 1 unspecified atom stereocenters. The van der Waals surface area contributed by atoms with Gasteiger partial charge in [-0.15, -0.1) is 0 Å². The SMILES string of the molecule is CCC(CCN)CCC(=O)N1CCC(C(=O)O)CC1. The zero-order valence-corrected chi connectivity index (χ0v) is 11.8. The molecule has 1 fully saturated rings. The molecule has 1 amide bonds. The number of carbonyl (C=O) groups is 2. The Kier molecular flexibility index (Phi) is 6.84. The van der Waals surface area contributed by atoms with Crippen molar-refractivity contribution in [3.63, 3.8) is 0 Å². The van der Waals surface area contributed by atoms with E-state index in [9.17, 15) is 9.59 Å². The molecule has 0 aromatic rings. The maximum absolute atomic E-state index is 12.0. The number of hydrogen-bond donors (Lipinski definition) is 2. The standard InChI is InChI=1S/C14H26N2O3/c1-2-11(5-8-15)3-4-13(17)16-9-6-12(7-10-16)14(18)19/h11-12H,2-10,15H2,1H3,(H,18,19). The summed E-state index contributed by atoms with van der Waals surface area (Å²) in [6, 6.07) is 0. The minimum absolute atomic E-state index is 0.166. The first-order chi connectivity index (χ1) is 9.08. The Morgan fingerprint density at radius 1 is 1.32 bits per heavy atom. The van der Waals surface area contributed by atoms with Crippen LogP contribution in [-0.2, 0) is 9.59 Å². The van der Waals surface area contributed by atoms with Crippen LogP contribution < -0.4 is 5.73 Å². The van der Waals surface area contributed by atoms with E-state index in [1.807, 2.05) is 4.90 Å². The van der Waals surface area contributed by atoms with Crippen molar-refractivity contribution >= 4 is 11.9 Å². The van der Waals surface area contributed by atoms with Crippen molar-refractivity contribution in [2.24, 2.45) is 17.6 Å². The monoisotopic (exact) mass is 270 g/mol. The molecule has 1 rings (SSSR count). The summed E-state index contributed by atoms with van der Waals surface area (Å²) in [4.78, 5) is 24.7. The Morgan fingerprint density at radius 3 is 2.42 bits per heavy atom. The summed E-state index contributed by atoms with van der Waals surface area (Å²) < 4.78 is 0. The van der Waals surface area contributed by atoms with E-state index in [1.165, 1.54) is 0 Å². The van der Waals surface area contributed by atoms with Crippen LogP contribution >= 0.6 is 0 Å². The fourth-order valence-corrected chi connectivity index (χ4v) is 2.65. The number of rotatable bonds is 7. The quantitative estimate of drug-likeness (QED) is 0.733. The topological polar surface area (TPSA) is 83.6 Å². The van der Waals surface area contributed by atoms with E-state index < -0.39 is 5.97 Å². The molecular formula is C14H26N2O3. The lowest BCUT2D eigenvalue weighted by Gasteiger charge is -2.30. The van der Waals surface area contributed by atoms with Gasteiger partial charge in [-0.25, -0.2) is 0 Å². The Morgan fingerprint density at radius 2 is 1.95 bits per heavy atom. The third-order valence-corrected chi connectivity index (χ3v) is 4.12. The molecule has 1 heterocycles. The molecule has 0 saturated carbocycles. The molecule has 0 spiro atoms. The largest absolute Gasteiger partial charge is 0.481 e. The summed E-state index contributed by atoms with van der Waals surface area (Å²) >= 11 is 0. The number of nitrogens with two attached hydrogens (primary N) is 1. The molecule has 3 N–H and O–H groups in total. The zero-order chi connectivity index (χ0) is 14.3. The van der Waals surface area contributed by atoms with Crippen LogP contribution in [0.2, 0.25) is 0 Å². The van der Waals surface area contributed by atoms with Gasteiger partial charge in [-0.3, -0.25) is 9.59 Å². The van der Waals surface area contributed by atoms with Gasteiger partial charge in [-0.2, -0.15) is 0 Å². The van der Waals surface area contributed by atoms with E-state index in [-0.39, 0.29) is 11.8 Å². The lowest BCUT2D eigenvalue weighted by molar-refractivity contribution is -0.145. The Hall–Kier alpha value is -1.10. The second kappa shape index (κ2) is 8.15.